The van der Waals surface area contributed by atoms with Crippen LogP contribution in [0.1, 0.15) is 31.4 Å². The standard InChI is InChI=1S/C15H22O3/c1-10(2)13(16)7-6-12-8-14(17-4)11(3)15(9-12)18-5/h8-10H,6-7H2,1-5H3. The summed E-state index contributed by atoms with van der Waals surface area (Å²) in [5, 5.41) is 0. The Labute approximate surface area is 109 Å². The first-order chi connectivity index (χ1) is 8.49. The summed E-state index contributed by atoms with van der Waals surface area (Å²) in [6.45, 7) is 5.82. The number of ether oxygens (including phenoxy) is 2. The molecule has 1 aromatic carbocycles. The molecule has 0 heterocycles. The molecular weight excluding hydrogens is 228 g/mol. The van der Waals surface area contributed by atoms with Gasteiger partial charge >= 0.3 is 0 Å². The molecule has 0 N–H and O–H groups in total. The molecule has 0 aromatic heterocycles. The monoisotopic (exact) mass is 250 g/mol. The van der Waals surface area contributed by atoms with E-state index in [1.807, 2.05) is 32.9 Å². The summed E-state index contributed by atoms with van der Waals surface area (Å²) < 4.78 is 10.6. The second kappa shape index (κ2) is 6.43. The van der Waals surface area contributed by atoms with E-state index in [0.717, 1.165) is 29.0 Å². The van der Waals surface area contributed by atoms with Gasteiger partial charge in [0.25, 0.3) is 0 Å². The number of Topliss-reactive ketones (excluding diaryl/α,β-unsaturated/α-hetero) is 1. The van der Waals surface area contributed by atoms with Crippen molar-refractivity contribution in [3.63, 3.8) is 0 Å². The molecule has 0 fully saturated rings. The SMILES string of the molecule is COc1cc(CCC(=O)C(C)C)cc(OC)c1C. The first kappa shape index (κ1) is 14.6. The number of hydrogen-bond acceptors (Lipinski definition) is 3. The molecule has 0 saturated carbocycles. The molecule has 3 heteroatoms. The number of carbonyl (C=O) groups is 1. The van der Waals surface area contributed by atoms with Gasteiger partial charge in [0.15, 0.2) is 0 Å². The summed E-state index contributed by atoms with van der Waals surface area (Å²) in [6.07, 6.45) is 1.29. The highest BCUT2D eigenvalue weighted by molar-refractivity contribution is 5.80. The topological polar surface area (TPSA) is 35.5 Å². The largest absolute Gasteiger partial charge is 0.496 e. The van der Waals surface area contributed by atoms with E-state index >= 15 is 0 Å². The van der Waals surface area contributed by atoms with E-state index in [1.165, 1.54) is 0 Å². The van der Waals surface area contributed by atoms with Crippen molar-refractivity contribution in [1.29, 1.82) is 0 Å². The second-order valence-corrected chi connectivity index (χ2v) is 4.75. The van der Waals surface area contributed by atoms with Crippen molar-refractivity contribution in [3.8, 4) is 11.5 Å². The van der Waals surface area contributed by atoms with Crippen molar-refractivity contribution in [2.45, 2.75) is 33.6 Å². The first-order valence-corrected chi connectivity index (χ1v) is 6.23. The van der Waals surface area contributed by atoms with E-state index in [1.54, 1.807) is 14.2 Å². The van der Waals surface area contributed by atoms with E-state index < -0.39 is 0 Å². The lowest BCUT2D eigenvalue weighted by Gasteiger charge is -2.12. The fourth-order valence-electron chi connectivity index (χ4n) is 1.84. The molecule has 1 rings (SSSR count). The molecule has 0 spiro atoms. The molecule has 0 bridgehead atoms. The van der Waals surface area contributed by atoms with Crippen molar-refractivity contribution in [3.05, 3.63) is 23.3 Å². The number of carbonyl (C=O) groups excluding carboxylic acids is 1. The molecule has 100 valence electrons. The molecule has 0 radical (unpaired) electrons. The van der Waals surface area contributed by atoms with E-state index in [0.29, 0.717) is 6.42 Å². The number of aryl methyl sites for hydroxylation is 1. The van der Waals surface area contributed by atoms with Gasteiger partial charge in [-0.15, -0.1) is 0 Å². The van der Waals surface area contributed by atoms with Crippen LogP contribution < -0.4 is 9.47 Å². The van der Waals surface area contributed by atoms with E-state index in [4.69, 9.17) is 9.47 Å². The smallest absolute Gasteiger partial charge is 0.135 e. The Hall–Kier alpha value is -1.51. The van der Waals surface area contributed by atoms with Gasteiger partial charge in [-0.3, -0.25) is 4.79 Å². The fourth-order valence-corrected chi connectivity index (χ4v) is 1.84. The molecule has 3 nitrogen and oxygen atoms in total. The van der Waals surface area contributed by atoms with Crippen molar-refractivity contribution in [2.75, 3.05) is 14.2 Å². The molecule has 0 unspecified atom stereocenters. The molecule has 1 aromatic rings. The summed E-state index contributed by atoms with van der Waals surface area (Å²) in [4.78, 5) is 11.6. The number of methoxy groups -OCH3 is 2. The van der Waals surface area contributed by atoms with Gasteiger partial charge < -0.3 is 9.47 Å². The zero-order valence-electron chi connectivity index (χ0n) is 11.9. The molecule has 0 aliphatic carbocycles. The lowest BCUT2D eigenvalue weighted by atomic mass is 9.99. The van der Waals surface area contributed by atoms with Crippen LogP contribution in [-0.2, 0) is 11.2 Å². The lowest BCUT2D eigenvalue weighted by Crippen LogP contribution is -2.08. The highest BCUT2D eigenvalue weighted by atomic mass is 16.5. The number of hydrogen-bond donors (Lipinski definition) is 0. The summed E-state index contributed by atoms with van der Waals surface area (Å²) in [7, 11) is 3.29. The highest BCUT2D eigenvalue weighted by Crippen LogP contribution is 2.30. The minimum Gasteiger partial charge on any atom is -0.496 e. The minimum atomic E-state index is 0.0965. The van der Waals surface area contributed by atoms with Crippen molar-refractivity contribution in [1.82, 2.24) is 0 Å². The molecule has 0 saturated heterocycles. The number of benzene rings is 1. The van der Waals surface area contributed by atoms with Crippen LogP contribution in [0.3, 0.4) is 0 Å². The normalized spacial score (nSPS) is 10.6. The average molecular weight is 250 g/mol. The van der Waals surface area contributed by atoms with Crippen molar-refractivity contribution < 1.29 is 14.3 Å². The number of ketones is 1. The Morgan fingerprint density at radius 3 is 2.06 bits per heavy atom. The molecule has 0 aliphatic rings. The van der Waals surface area contributed by atoms with E-state index in [-0.39, 0.29) is 11.7 Å². The Bertz CT molecular complexity index is 397. The van der Waals surface area contributed by atoms with Crippen LogP contribution in [0.15, 0.2) is 12.1 Å². The second-order valence-electron chi connectivity index (χ2n) is 4.75. The van der Waals surface area contributed by atoms with Crippen molar-refractivity contribution >= 4 is 5.78 Å². The summed E-state index contributed by atoms with van der Waals surface area (Å²) in [5.74, 6) is 2.00. The van der Waals surface area contributed by atoms with Crippen LogP contribution in [0.2, 0.25) is 0 Å². The van der Waals surface area contributed by atoms with Crippen LogP contribution >= 0.6 is 0 Å². The third kappa shape index (κ3) is 3.49. The van der Waals surface area contributed by atoms with Gasteiger partial charge in [0.2, 0.25) is 0 Å². The molecule has 0 amide bonds. The number of rotatable bonds is 6. The van der Waals surface area contributed by atoms with Crippen LogP contribution in [-0.4, -0.2) is 20.0 Å². The van der Waals surface area contributed by atoms with Crippen molar-refractivity contribution in [2.24, 2.45) is 5.92 Å². The molecular formula is C15H22O3. The zero-order chi connectivity index (χ0) is 13.7. The van der Waals surface area contributed by atoms with Gasteiger partial charge in [-0.05, 0) is 31.0 Å². The third-order valence-corrected chi connectivity index (χ3v) is 3.12. The fraction of sp³-hybridized carbons (Fsp3) is 0.533. The van der Waals surface area contributed by atoms with Crippen LogP contribution in [0.25, 0.3) is 0 Å². The predicted molar refractivity (Wildman–Crippen MR) is 72.4 cm³/mol. The lowest BCUT2D eigenvalue weighted by molar-refractivity contribution is -0.121. The van der Waals surface area contributed by atoms with Gasteiger partial charge in [0.1, 0.15) is 17.3 Å². The van der Waals surface area contributed by atoms with Crippen LogP contribution in [0.5, 0.6) is 11.5 Å². The van der Waals surface area contributed by atoms with Gasteiger partial charge in [0.05, 0.1) is 14.2 Å². The van der Waals surface area contributed by atoms with E-state index in [2.05, 4.69) is 0 Å². The van der Waals surface area contributed by atoms with Gasteiger partial charge in [0, 0.05) is 17.9 Å². The minimum absolute atomic E-state index is 0.0965. The molecule has 0 atom stereocenters. The van der Waals surface area contributed by atoms with Gasteiger partial charge in [-0.25, -0.2) is 0 Å². The average Bonchev–Trinajstić information content (AvgIpc) is 2.36. The summed E-state index contributed by atoms with van der Waals surface area (Å²) >= 11 is 0. The molecule has 0 aliphatic heterocycles. The highest BCUT2D eigenvalue weighted by Gasteiger charge is 2.11. The summed E-state index contributed by atoms with van der Waals surface area (Å²) in [6, 6.07) is 3.96. The van der Waals surface area contributed by atoms with Gasteiger partial charge in [-0.1, -0.05) is 13.8 Å². The zero-order valence-corrected chi connectivity index (χ0v) is 11.9. The predicted octanol–water partition coefficient (Wildman–Crippen LogP) is 3.17. The maximum absolute atomic E-state index is 11.6. The third-order valence-electron chi connectivity index (χ3n) is 3.12. The Balaban J connectivity index is 2.86. The Morgan fingerprint density at radius 1 is 1.17 bits per heavy atom. The Morgan fingerprint density at radius 2 is 1.67 bits per heavy atom. The quantitative estimate of drug-likeness (QED) is 0.778. The maximum atomic E-state index is 11.6. The van der Waals surface area contributed by atoms with E-state index in [9.17, 15) is 4.79 Å². The maximum Gasteiger partial charge on any atom is 0.135 e. The Kier molecular flexibility index (Phi) is 5.20. The molecule has 18 heavy (non-hydrogen) atoms. The van der Waals surface area contributed by atoms with Gasteiger partial charge in [-0.2, -0.15) is 0 Å². The first-order valence-electron chi connectivity index (χ1n) is 6.23. The van der Waals surface area contributed by atoms with Crippen LogP contribution in [0, 0.1) is 12.8 Å². The van der Waals surface area contributed by atoms with Crippen LogP contribution in [0.4, 0.5) is 0 Å². The summed E-state index contributed by atoms with van der Waals surface area (Å²) in [5.41, 5.74) is 2.06.